The van der Waals surface area contributed by atoms with E-state index in [4.69, 9.17) is 0 Å². The van der Waals surface area contributed by atoms with E-state index >= 15 is 0 Å². The Bertz CT molecular complexity index is 797. The van der Waals surface area contributed by atoms with Crippen LogP contribution in [0.25, 0.3) is 0 Å². The fourth-order valence-electron chi connectivity index (χ4n) is 4.82. The first-order valence-corrected chi connectivity index (χ1v) is 11.2. The summed E-state index contributed by atoms with van der Waals surface area (Å²) in [4.78, 5) is 52.1. The first-order valence-electron chi connectivity index (χ1n) is 11.2. The number of hydrogen-bond acceptors (Lipinski definition) is 6. The monoisotopic (exact) mass is 429 g/mol. The molecule has 1 aromatic rings. The summed E-state index contributed by atoms with van der Waals surface area (Å²) in [5, 5.41) is 5.89. The maximum Gasteiger partial charge on any atom is 0.317 e. The van der Waals surface area contributed by atoms with Crippen LogP contribution < -0.4 is 15.5 Å². The molecule has 1 saturated carbocycles. The third kappa shape index (κ3) is 4.88. The van der Waals surface area contributed by atoms with Crippen molar-refractivity contribution in [3.8, 4) is 0 Å². The molecule has 2 saturated heterocycles. The van der Waals surface area contributed by atoms with Gasteiger partial charge in [-0.05, 0) is 31.2 Å². The van der Waals surface area contributed by atoms with Crippen LogP contribution in [0.5, 0.6) is 0 Å². The van der Waals surface area contributed by atoms with Crippen LogP contribution >= 0.6 is 0 Å². The molecule has 2 N–H and O–H groups in total. The Morgan fingerprint density at radius 3 is 2.58 bits per heavy atom. The number of carbonyl (C=O) groups is 3. The van der Waals surface area contributed by atoms with Gasteiger partial charge in [-0.2, -0.15) is 0 Å². The van der Waals surface area contributed by atoms with Crippen LogP contribution in [0.4, 0.5) is 10.7 Å². The Morgan fingerprint density at radius 2 is 1.87 bits per heavy atom. The Hall–Kier alpha value is -2.91. The van der Waals surface area contributed by atoms with Gasteiger partial charge in [0.05, 0.1) is 0 Å². The van der Waals surface area contributed by atoms with Gasteiger partial charge in [0.1, 0.15) is 6.54 Å². The van der Waals surface area contributed by atoms with Crippen molar-refractivity contribution in [1.29, 1.82) is 0 Å². The summed E-state index contributed by atoms with van der Waals surface area (Å²) in [6, 6.07) is 1.54. The molecule has 0 spiro atoms. The van der Waals surface area contributed by atoms with Gasteiger partial charge in [-0.3, -0.25) is 9.59 Å². The van der Waals surface area contributed by atoms with E-state index in [-0.39, 0.29) is 42.3 Å². The molecule has 3 aliphatic rings. The van der Waals surface area contributed by atoms with Gasteiger partial charge < -0.3 is 25.3 Å². The van der Waals surface area contributed by atoms with E-state index in [1.807, 2.05) is 11.8 Å². The molecular weight excluding hydrogens is 398 g/mol. The van der Waals surface area contributed by atoms with Gasteiger partial charge in [0.2, 0.25) is 17.8 Å². The van der Waals surface area contributed by atoms with Crippen LogP contribution in [-0.2, 0) is 9.59 Å². The maximum absolute atomic E-state index is 13.2. The van der Waals surface area contributed by atoms with Gasteiger partial charge in [0, 0.05) is 63.6 Å². The highest BCUT2D eigenvalue weighted by atomic mass is 16.2. The molecule has 1 aromatic heterocycles. The number of hydrogen-bond donors (Lipinski definition) is 2. The number of anilines is 1. The Labute approximate surface area is 182 Å². The number of fused-ring (bicyclic) bond motifs is 1. The van der Waals surface area contributed by atoms with Crippen molar-refractivity contribution >= 4 is 23.8 Å². The maximum atomic E-state index is 13.2. The molecule has 1 aliphatic carbocycles. The number of nitrogens with one attached hydrogen (secondary N) is 2. The van der Waals surface area contributed by atoms with Crippen molar-refractivity contribution in [2.75, 3.05) is 50.7 Å². The number of rotatable bonds is 4. The summed E-state index contributed by atoms with van der Waals surface area (Å²) in [6.45, 7) is 5.85. The molecule has 0 bridgehead atoms. The summed E-state index contributed by atoms with van der Waals surface area (Å²) in [7, 11) is 0. The average Bonchev–Trinajstić information content (AvgIpc) is 3.11. The first-order chi connectivity index (χ1) is 15.0. The Balaban J connectivity index is 1.33. The van der Waals surface area contributed by atoms with Crippen molar-refractivity contribution in [1.82, 2.24) is 30.4 Å². The fraction of sp³-hybridized carbons (Fsp3) is 0.667. The highest BCUT2D eigenvalue weighted by Gasteiger charge is 2.43. The number of carbonyl (C=O) groups excluding carboxylic acids is 3. The summed E-state index contributed by atoms with van der Waals surface area (Å²) in [5.41, 5.74) is 0. The van der Waals surface area contributed by atoms with Gasteiger partial charge in [-0.25, -0.2) is 14.8 Å². The van der Waals surface area contributed by atoms with Gasteiger partial charge in [-0.1, -0.05) is 6.92 Å². The zero-order valence-electron chi connectivity index (χ0n) is 18.0. The lowest BCUT2D eigenvalue weighted by molar-refractivity contribution is -0.136. The highest BCUT2D eigenvalue weighted by Crippen LogP contribution is 2.34. The van der Waals surface area contributed by atoms with E-state index in [2.05, 4.69) is 25.5 Å². The predicted molar refractivity (Wildman–Crippen MR) is 114 cm³/mol. The van der Waals surface area contributed by atoms with Crippen molar-refractivity contribution < 1.29 is 14.4 Å². The van der Waals surface area contributed by atoms with Crippen LogP contribution in [0.15, 0.2) is 18.5 Å². The van der Waals surface area contributed by atoms with E-state index in [9.17, 15) is 14.4 Å². The molecule has 10 heteroatoms. The smallest absolute Gasteiger partial charge is 0.317 e. The summed E-state index contributed by atoms with van der Waals surface area (Å²) >= 11 is 0. The van der Waals surface area contributed by atoms with Crippen LogP contribution in [0.1, 0.15) is 26.2 Å². The zero-order valence-corrected chi connectivity index (χ0v) is 18.0. The van der Waals surface area contributed by atoms with Crippen molar-refractivity contribution in [3.05, 3.63) is 18.5 Å². The van der Waals surface area contributed by atoms with Crippen LogP contribution in [0.3, 0.4) is 0 Å². The third-order valence-electron chi connectivity index (χ3n) is 6.42. The number of aromatic nitrogens is 2. The molecule has 3 heterocycles. The van der Waals surface area contributed by atoms with E-state index in [0.717, 1.165) is 6.42 Å². The topological polar surface area (TPSA) is 111 Å². The van der Waals surface area contributed by atoms with Crippen molar-refractivity contribution in [2.24, 2.45) is 11.8 Å². The SMILES string of the molecule is CCCNC(=O)N1CC(=O)N[C@@H]2C[C@@H](C(=O)N3CCN(c4ncccn4)CC3)C[C@@H]2C1. The molecule has 4 rings (SSSR count). The van der Waals surface area contributed by atoms with E-state index in [0.29, 0.717) is 58.1 Å². The largest absolute Gasteiger partial charge is 0.351 e. The normalized spacial score (nSPS) is 26.2. The molecule has 0 radical (unpaired) electrons. The van der Waals surface area contributed by atoms with E-state index in [1.54, 1.807) is 23.4 Å². The van der Waals surface area contributed by atoms with Gasteiger partial charge in [-0.15, -0.1) is 0 Å². The average molecular weight is 430 g/mol. The molecule has 2 aliphatic heterocycles. The second-order valence-electron chi connectivity index (χ2n) is 8.58. The van der Waals surface area contributed by atoms with Gasteiger partial charge in [0.25, 0.3) is 0 Å². The lowest BCUT2D eigenvalue weighted by atomic mass is 10.0. The molecule has 3 fully saturated rings. The Morgan fingerprint density at radius 1 is 1.13 bits per heavy atom. The molecule has 3 atom stereocenters. The first kappa shape index (κ1) is 21.3. The standard InChI is InChI=1S/C21H31N7O3/c1-2-4-24-21(31)28-13-16-11-15(12-17(16)25-18(29)14-28)19(30)26-7-9-27(10-8-26)20-22-5-3-6-23-20/h3,5-6,15-17H,2,4,7-14H2,1H3,(H,24,31)(H,25,29)/t15-,16+,17+/m0/s1. The summed E-state index contributed by atoms with van der Waals surface area (Å²) in [5.74, 6) is 0.684. The molecule has 0 unspecified atom stereocenters. The van der Waals surface area contributed by atoms with Gasteiger partial charge >= 0.3 is 6.03 Å². The lowest BCUT2D eigenvalue weighted by Crippen LogP contribution is -2.51. The Kier molecular flexibility index (Phi) is 6.53. The number of urea groups is 1. The number of amides is 4. The number of piperazine rings is 1. The molecular formula is C21H31N7O3. The highest BCUT2D eigenvalue weighted by molar-refractivity contribution is 5.85. The summed E-state index contributed by atoms with van der Waals surface area (Å²) in [6.07, 6.45) is 5.63. The van der Waals surface area contributed by atoms with Crippen molar-refractivity contribution in [2.45, 2.75) is 32.2 Å². The third-order valence-corrected chi connectivity index (χ3v) is 6.42. The minimum Gasteiger partial charge on any atom is -0.351 e. The van der Waals surface area contributed by atoms with Crippen LogP contribution in [-0.4, -0.2) is 89.5 Å². The second-order valence-corrected chi connectivity index (χ2v) is 8.58. The fourth-order valence-corrected chi connectivity index (χ4v) is 4.82. The molecule has 4 amide bonds. The van der Waals surface area contributed by atoms with Gasteiger partial charge in [0.15, 0.2) is 0 Å². The van der Waals surface area contributed by atoms with E-state index in [1.165, 1.54) is 0 Å². The van der Waals surface area contributed by atoms with Crippen molar-refractivity contribution in [3.63, 3.8) is 0 Å². The molecule has 10 nitrogen and oxygen atoms in total. The lowest BCUT2D eigenvalue weighted by Gasteiger charge is -2.36. The molecule has 0 aromatic carbocycles. The zero-order chi connectivity index (χ0) is 21.8. The quantitative estimate of drug-likeness (QED) is 0.701. The van der Waals surface area contributed by atoms with Crippen LogP contribution in [0.2, 0.25) is 0 Å². The molecule has 168 valence electrons. The molecule has 31 heavy (non-hydrogen) atoms. The minimum atomic E-state index is -0.202. The van der Waals surface area contributed by atoms with E-state index < -0.39 is 0 Å². The number of nitrogens with zero attached hydrogens (tertiary/aromatic N) is 5. The summed E-state index contributed by atoms with van der Waals surface area (Å²) < 4.78 is 0. The minimum absolute atomic E-state index is 0.0515. The van der Waals surface area contributed by atoms with Crippen LogP contribution in [0, 0.1) is 11.8 Å². The predicted octanol–water partition coefficient (Wildman–Crippen LogP) is 0.0714. The second kappa shape index (κ2) is 9.49.